The highest BCUT2D eigenvalue weighted by molar-refractivity contribution is 6.00. The van der Waals surface area contributed by atoms with Gasteiger partial charge in [0.1, 0.15) is 23.0 Å². The Kier molecular flexibility index (Phi) is 5.38. The predicted octanol–water partition coefficient (Wildman–Crippen LogP) is 4.15. The zero-order chi connectivity index (χ0) is 22.1. The number of hydrogen-bond donors (Lipinski definition) is 3. The van der Waals surface area contributed by atoms with Crippen LogP contribution in [0.4, 0.5) is 0 Å². The second kappa shape index (κ2) is 7.79. The van der Waals surface area contributed by atoms with E-state index in [-0.39, 0.29) is 11.5 Å². The number of aliphatic carboxylic acids is 1. The van der Waals surface area contributed by atoms with Crippen molar-refractivity contribution < 1.29 is 34.4 Å². The summed E-state index contributed by atoms with van der Waals surface area (Å²) in [7, 11) is 0. The molecule has 1 saturated heterocycles. The van der Waals surface area contributed by atoms with Crippen molar-refractivity contribution in [2.75, 3.05) is 0 Å². The number of phenolic OH excluding ortho intramolecular Hbond substituents is 2. The highest BCUT2D eigenvalue weighted by Gasteiger charge is 2.55. The average molecular weight is 408 g/mol. The molecule has 2 aliphatic heterocycles. The SMILES string of the molecule is C=C/C=C1/C(=O)OC2(/C1=C/C)c1ccc(O)cc1Oc1cc(O)ccc12.CC(=O)O. The molecule has 7 nitrogen and oxygen atoms in total. The van der Waals surface area contributed by atoms with Gasteiger partial charge in [-0.15, -0.1) is 0 Å². The van der Waals surface area contributed by atoms with Crippen molar-refractivity contribution in [2.24, 2.45) is 0 Å². The first-order valence-electron chi connectivity index (χ1n) is 9.02. The zero-order valence-electron chi connectivity index (χ0n) is 16.4. The lowest BCUT2D eigenvalue weighted by atomic mass is 9.76. The normalized spacial score (nSPS) is 18.0. The van der Waals surface area contributed by atoms with E-state index in [2.05, 4.69) is 6.58 Å². The van der Waals surface area contributed by atoms with Crippen molar-refractivity contribution >= 4 is 11.9 Å². The Bertz CT molecular complexity index is 1050. The summed E-state index contributed by atoms with van der Waals surface area (Å²) in [5.41, 5.74) is 1.04. The minimum atomic E-state index is -1.22. The number of phenols is 2. The van der Waals surface area contributed by atoms with Crippen molar-refractivity contribution in [1.82, 2.24) is 0 Å². The monoisotopic (exact) mass is 408 g/mol. The second-order valence-electron chi connectivity index (χ2n) is 6.57. The molecule has 1 spiro atoms. The largest absolute Gasteiger partial charge is 0.508 e. The number of carbonyl (C=O) groups excluding carboxylic acids is 1. The molecule has 0 bridgehead atoms. The first kappa shape index (κ1) is 20.7. The Labute approximate surface area is 172 Å². The molecule has 0 aliphatic carbocycles. The molecule has 4 rings (SSSR count). The Morgan fingerprint density at radius 2 is 1.57 bits per heavy atom. The van der Waals surface area contributed by atoms with Gasteiger partial charge in [-0.05, 0) is 37.3 Å². The standard InChI is InChI=1S/C21H16O5.C2H4O2/c1-3-5-14-15(4-2)21(26-20(14)24)16-8-6-12(22)10-18(16)25-19-11-13(23)7-9-17(19)21;1-2(3)4/h3-11,22-23H,1H2,2H3;1H3,(H,3,4)/b14-5+,15-4+;. The molecule has 2 heterocycles. The molecule has 7 heteroatoms. The third kappa shape index (κ3) is 3.30. The zero-order valence-corrected chi connectivity index (χ0v) is 16.4. The van der Waals surface area contributed by atoms with Gasteiger partial charge in [0, 0.05) is 35.8 Å². The van der Waals surface area contributed by atoms with Gasteiger partial charge in [0.2, 0.25) is 0 Å². The molecule has 1 fully saturated rings. The smallest absolute Gasteiger partial charge is 0.340 e. The van der Waals surface area contributed by atoms with Crippen LogP contribution in [0.3, 0.4) is 0 Å². The predicted molar refractivity (Wildman–Crippen MR) is 109 cm³/mol. The maximum atomic E-state index is 12.6. The highest BCUT2D eigenvalue weighted by Crippen LogP contribution is 2.58. The molecule has 154 valence electrons. The van der Waals surface area contributed by atoms with Crippen LogP contribution in [0.25, 0.3) is 0 Å². The van der Waals surface area contributed by atoms with E-state index in [4.69, 9.17) is 19.4 Å². The Morgan fingerprint density at radius 3 is 2.00 bits per heavy atom. The maximum Gasteiger partial charge on any atom is 0.340 e. The lowest BCUT2D eigenvalue weighted by molar-refractivity contribution is -0.143. The minimum absolute atomic E-state index is 0.0238. The van der Waals surface area contributed by atoms with E-state index in [1.165, 1.54) is 30.3 Å². The molecule has 0 amide bonds. The van der Waals surface area contributed by atoms with Crippen LogP contribution < -0.4 is 4.74 Å². The number of ether oxygens (including phenoxy) is 2. The van der Waals surface area contributed by atoms with Crippen molar-refractivity contribution in [3.8, 4) is 23.0 Å². The van der Waals surface area contributed by atoms with Crippen LogP contribution in [0.1, 0.15) is 25.0 Å². The maximum absolute atomic E-state index is 12.6. The number of hydrogen-bond acceptors (Lipinski definition) is 6. The lowest BCUT2D eigenvalue weighted by Gasteiger charge is -2.36. The molecule has 0 saturated carbocycles. The number of benzene rings is 2. The fraction of sp³-hybridized carbons (Fsp3) is 0.130. The molecule has 0 aromatic heterocycles. The number of carboxylic acid groups (broad SMARTS) is 1. The van der Waals surface area contributed by atoms with Crippen LogP contribution in [-0.2, 0) is 19.9 Å². The summed E-state index contributed by atoms with van der Waals surface area (Å²) < 4.78 is 11.8. The van der Waals surface area contributed by atoms with Gasteiger partial charge in [0.05, 0.1) is 5.57 Å². The number of carboxylic acids is 1. The van der Waals surface area contributed by atoms with E-state index in [9.17, 15) is 15.0 Å². The molecule has 2 aromatic carbocycles. The van der Waals surface area contributed by atoms with Crippen LogP contribution in [0.5, 0.6) is 23.0 Å². The minimum Gasteiger partial charge on any atom is -0.508 e. The molecule has 2 aromatic rings. The Hall–Kier alpha value is -4.00. The van der Waals surface area contributed by atoms with Gasteiger partial charge in [-0.25, -0.2) is 4.79 Å². The summed E-state index contributed by atoms with van der Waals surface area (Å²) in [5, 5.41) is 27.1. The third-order valence-electron chi connectivity index (χ3n) is 4.62. The van der Waals surface area contributed by atoms with Gasteiger partial charge >= 0.3 is 5.97 Å². The fourth-order valence-corrected chi connectivity index (χ4v) is 3.62. The second-order valence-corrected chi connectivity index (χ2v) is 6.57. The number of rotatable bonds is 1. The van der Waals surface area contributed by atoms with Crippen LogP contribution in [-0.4, -0.2) is 27.3 Å². The van der Waals surface area contributed by atoms with E-state index in [0.29, 0.717) is 33.8 Å². The summed E-state index contributed by atoms with van der Waals surface area (Å²) in [5.74, 6) is -0.547. The number of carbonyl (C=O) groups is 2. The van der Waals surface area contributed by atoms with Crippen molar-refractivity contribution in [3.63, 3.8) is 0 Å². The van der Waals surface area contributed by atoms with E-state index >= 15 is 0 Å². The van der Waals surface area contributed by atoms with Gasteiger partial charge in [-0.3, -0.25) is 4.79 Å². The van der Waals surface area contributed by atoms with E-state index in [1.54, 1.807) is 18.2 Å². The summed E-state index contributed by atoms with van der Waals surface area (Å²) in [4.78, 5) is 21.6. The van der Waals surface area contributed by atoms with E-state index in [0.717, 1.165) is 6.92 Å². The molecule has 0 atom stereocenters. The molecular formula is C23H20O7. The van der Waals surface area contributed by atoms with Gasteiger partial charge in [0.15, 0.2) is 5.60 Å². The van der Waals surface area contributed by atoms with Gasteiger partial charge < -0.3 is 24.8 Å². The van der Waals surface area contributed by atoms with Crippen LogP contribution in [0, 0.1) is 0 Å². The number of aromatic hydroxyl groups is 2. The average Bonchev–Trinajstić information content (AvgIpc) is 2.93. The van der Waals surface area contributed by atoms with Crippen LogP contribution in [0.15, 0.2) is 72.4 Å². The molecule has 0 radical (unpaired) electrons. The number of esters is 1. The lowest BCUT2D eigenvalue weighted by Crippen LogP contribution is -2.32. The Balaban J connectivity index is 0.000000589. The van der Waals surface area contributed by atoms with Crippen molar-refractivity contribution in [3.05, 3.63) is 83.5 Å². The van der Waals surface area contributed by atoms with Gasteiger partial charge in [-0.1, -0.05) is 18.7 Å². The van der Waals surface area contributed by atoms with Crippen molar-refractivity contribution in [1.29, 1.82) is 0 Å². The highest BCUT2D eigenvalue weighted by atomic mass is 16.6. The van der Waals surface area contributed by atoms with Crippen LogP contribution >= 0.6 is 0 Å². The number of fused-ring (bicyclic) bond motifs is 4. The first-order valence-corrected chi connectivity index (χ1v) is 9.02. The molecule has 30 heavy (non-hydrogen) atoms. The topological polar surface area (TPSA) is 113 Å². The molecular weight excluding hydrogens is 388 g/mol. The third-order valence-corrected chi connectivity index (χ3v) is 4.62. The van der Waals surface area contributed by atoms with E-state index in [1.807, 2.05) is 13.0 Å². The summed E-state index contributed by atoms with van der Waals surface area (Å²) in [6.45, 7) is 6.58. The van der Waals surface area contributed by atoms with E-state index < -0.39 is 17.5 Å². The van der Waals surface area contributed by atoms with Crippen molar-refractivity contribution in [2.45, 2.75) is 19.4 Å². The summed E-state index contributed by atoms with van der Waals surface area (Å²) in [6, 6.07) is 9.31. The quantitative estimate of drug-likeness (QED) is 0.480. The van der Waals surface area contributed by atoms with Crippen LogP contribution in [0.2, 0.25) is 0 Å². The molecule has 3 N–H and O–H groups in total. The van der Waals surface area contributed by atoms with Gasteiger partial charge in [-0.2, -0.15) is 0 Å². The molecule has 2 aliphatic rings. The number of allylic oxidation sites excluding steroid dienone is 3. The van der Waals surface area contributed by atoms with Gasteiger partial charge in [0.25, 0.3) is 5.97 Å². The molecule has 0 unspecified atom stereocenters. The first-order chi connectivity index (χ1) is 14.2. The summed E-state index contributed by atoms with van der Waals surface area (Å²) in [6.07, 6.45) is 4.97. The fourth-order valence-electron chi connectivity index (χ4n) is 3.62. The Morgan fingerprint density at radius 1 is 1.07 bits per heavy atom. The summed E-state index contributed by atoms with van der Waals surface area (Å²) >= 11 is 0.